The monoisotopic (exact) mass is 385 g/mol. The maximum Gasteiger partial charge on any atom is 0.341 e. The van der Waals surface area contributed by atoms with Gasteiger partial charge in [0, 0.05) is 9.50 Å². The molecule has 0 aliphatic rings. The van der Waals surface area contributed by atoms with Crippen LogP contribution in [0.5, 0.6) is 0 Å². The van der Waals surface area contributed by atoms with Crippen molar-refractivity contribution in [3.05, 3.63) is 63.3 Å². The maximum absolute atomic E-state index is 13.5. The van der Waals surface area contributed by atoms with Crippen LogP contribution in [0.1, 0.15) is 10.4 Å². The van der Waals surface area contributed by atoms with E-state index in [4.69, 9.17) is 16.3 Å². The number of hydrogen-bond donors (Lipinski definition) is 1. The minimum absolute atomic E-state index is 0.200. The molecule has 0 saturated carbocycles. The zero-order valence-electron chi connectivity index (χ0n) is 11.1. The average Bonchev–Trinajstić information content (AvgIpc) is 2.49. The lowest BCUT2D eigenvalue weighted by atomic mass is 10.2. The Morgan fingerprint density at radius 2 is 1.95 bits per heavy atom. The standard InChI is InChI=1S/C15H10BrClFNO3/c16-11-3-1-2-4-13(11)19-14(20)8-22-15(21)10-7-9(17)5-6-12(10)18/h1-7H,8H2,(H,19,20). The minimum atomic E-state index is -0.956. The molecule has 4 nitrogen and oxygen atoms in total. The molecule has 0 bridgehead atoms. The van der Waals surface area contributed by atoms with Gasteiger partial charge in [-0.2, -0.15) is 0 Å². The molecule has 2 rings (SSSR count). The molecule has 0 saturated heterocycles. The number of esters is 1. The van der Waals surface area contributed by atoms with E-state index in [-0.39, 0.29) is 10.6 Å². The third-order valence-electron chi connectivity index (χ3n) is 2.63. The summed E-state index contributed by atoms with van der Waals surface area (Å²) in [5.41, 5.74) is 0.221. The fraction of sp³-hybridized carbons (Fsp3) is 0.0667. The fourth-order valence-corrected chi connectivity index (χ4v) is 2.17. The molecule has 0 fully saturated rings. The lowest BCUT2D eigenvalue weighted by molar-refractivity contribution is -0.119. The first-order valence-corrected chi connectivity index (χ1v) is 7.31. The van der Waals surface area contributed by atoms with Gasteiger partial charge in [0.05, 0.1) is 11.3 Å². The highest BCUT2D eigenvalue weighted by Crippen LogP contribution is 2.21. The first kappa shape index (κ1) is 16.5. The number of carbonyl (C=O) groups excluding carboxylic acids is 2. The van der Waals surface area contributed by atoms with Crippen molar-refractivity contribution in [1.29, 1.82) is 0 Å². The Labute approximate surface area is 139 Å². The number of benzene rings is 2. The molecule has 0 unspecified atom stereocenters. The largest absolute Gasteiger partial charge is 0.452 e. The van der Waals surface area contributed by atoms with Gasteiger partial charge in [0.2, 0.25) is 0 Å². The molecular formula is C15H10BrClFNO3. The van der Waals surface area contributed by atoms with Crippen LogP contribution in [0.15, 0.2) is 46.9 Å². The SMILES string of the molecule is O=C(COC(=O)c1cc(Cl)ccc1F)Nc1ccccc1Br. The van der Waals surface area contributed by atoms with E-state index in [0.717, 1.165) is 12.1 Å². The van der Waals surface area contributed by atoms with Crippen molar-refractivity contribution in [3.63, 3.8) is 0 Å². The van der Waals surface area contributed by atoms with Gasteiger partial charge >= 0.3 is 5.97 Å². The van der Waals surface area contributed by atoms with E-state index < -0.39 is 24.3 Å². The number of hydrogen-bond acceptors (Lipinski definition) is 3. The second-order valence-corrected chi connectivity index (χ2v) is 5.52. The van der Waals surface area contributed by atoms with Gasteiger partial charge in [-0.25, -0.2) is 9.18 Å². The van der Waals surface area contributed by atoms with Crippen LogP contribution in [-0.2, 0) is 9.53 Å². The summed E-state index contributed by atoms with van der Waals surface area (Å²) in [5.74, 6) is -2.26. The Bertz CT molecular complexity index is 724. The molecule has 0 heterocycles. The molecule has 0 aromatic heterocycles. The second-order valence-electron chi connectivity index (χ2n) is 4.23. The summed E-state index contributed by atoms with van der Waals surface area (Å²) in [6.07, 6.45) is 0. The van der Waals surface area contributed by atoms with Crippen LogP contribution in [0, 0.1) is 5.82 Å². The second kappa shape index (κ2) is 7.38. The molecule has 22 heavy (non-hydrogen) atoms. The van der Waals surface area contributed by atoms with Crippen molar-refractivity contribution >= 4 is 45.1 Å². The lowest BCUT2D eigenvalue weighted by Gasteiger charge is -2.08. The molecule has 114 valence electrons. The molecular weight excluding hydrogens is 377 g/mol. The molecule has 0 radical (unpaired) electrons. The summed E-state index contributed by atoms with van der Waals surface area (Å²) in [7, 11) is 0. The molecule has 7 heteroatoms. The quantitative estimate of drug-likeness (QED) is 0.807. The van der Waals surface area contributed by atoms with Gasteiger partial charge in [0.15, 0.2) is 6.61 Å². The molecule has 1 N–H and O–H groups in total. The molecule has 0 aliphatic carbocycles. The number of halogens is 3. The van der Waals surface area contributed by atoms with Crippen LogP contribution >= 0.6 is 27.5 Å². The summed E-state index contributed by atoms with van der Waals surface area (Å²) >= 11 is 8.96. The smallest absolute Gasteiger partial charge is 0.341 e. The Kier molecular flexibility index (Phi) is 5.51. The van der Waals surface area contributed by atoms with Crippen molar-refractivity contribution in [2.24, 2.45) is 0 Å². The topological polar surface area (TPSA) is 55.4 Å². The lowest BCUT2D eigenvalue weighted by Crippen LogP contribution is -2.21. The van der Waals surface area contributed by atoms with Crippen LogP contribution < -0.4 is 5.32 Å². The summed E-state index contributed by atoms with van der Waals surface area (Å²) in [6.45, 7) is -0.536. The zero-order valence-corrected chi connectivity index (χ0v) is 13.4. The highest BCUT2D eigenvalue weighted by atomic mass is 79.9. The van der Waals surface area contributed by atoms with E-state index in [9.17, 15) is 14.0 Å². The van der Waals surface area contributed by atoms with Crippen LogP contribution in [0.25, 0.3) is 0 Å². The Hall–Kier alpha value is -1.92. The molecule has 0 atom stereocenters. The number of nitrogens with one attached hydrogen (secondary N) is 1. The van der Waals surface area contributed by atoms with Gasteiger partial charge in [0.25, 0.3) is 5.91 Å². The normalized spacial score (nSPS) is 10.1. The number of amides is 1. The minimum Gasteiger partial charge on any atom is -0.452 e. The van der Waals surface area contributed by atoms with Gasteiger partial charge < -0.3 is 10.1 Å². The number of carbonyl (C=O) groups is 2. The van der Waals surface area contributed by atoms with Crippen LogP contribution in [0.3, 0.4) is 0 Å². The summed E-state index contributed by atoms with van der Waals surface area (Å²) in [6, 6.07) is 10.5. The van der Waals surface area contributed by atoms with Crippen molar-refractivity contribution < 1.29 is 18.7 Å². The van der Waals surface area contributed by atoms with Crippen LogP contribution in [-0.4, -0.2) is 18.5 Å². The molecule has 0 aliphatic heterocycles. The van der Waals surface area contributed by atoms with Gasteiger partial charge in [-0.15, -0.1) is 0 Å². The van der Waals surface area contributed by atoms with Gasteiger partial charge in [-0.1, -0.05) is 23.7 Å². The predicted molar refractivity (Wildman–Crippen MR) is 84.5 cm³/mol. The Morgan fingerprint density at radius 1 is 1.23 bits per heavy atom. The molecule has 1 amide bonds. The average molecular weight is 387 g/mol. The third-order valence-corrected chi connectivity index (χ3v) is 3.56. The first-order chi connectivity index (χ1) is 10.5. The molecule has 0 spiro atoms. The van der Waals surface area contributed by atoms with E-state index >= 15 is 0 Å². The highest BCUT2D eigenvalue weighted by Gasteiger charge is 2.15. The Morgan fingerprint density at radius 3 is 2.68 bits per heavy atom. The van der Waals surface area contributed by atoms with E-state index in [1.807, 2.05) is 0 Å². The van der Waals surface area contributed by atoms with Crippen LogP contribution in [0.2, 0.25) is 5.02 Å². The molecule has 2 aromatic carbocycles. The van der Waals surface area contributed by atoms with Gasteiger partial charge in [-0.3, -0.25) is 4.79 Å². The van der Waals surface area contributed by atoms with Crippen LogP contribution in [0.4, 0.5) is 10.1 Å². The first-order valence-electron chi connectivity index (χ1n) is 6.14. The predicted octanol–water partition coefficient (Wildman–Crippen LogP) is 4.04. The highest BCUT2D eigenvalue weighted by molar-refractivity contribution is 9.10. The summed E-state index contributed by atoms with van der Waals surface area (Å²) in [4.78, 5) is 23.5. The van der Waals surface area contributed by atoms with Gasteiger partial charge in [-0.05, 0) is 46.3 Å². The number of anilines is 1. The molecule has 2 aromatic rings. The number of ether oxygens (including phenoxy) is 1. The van der Waals surface area contributed by atoms with Crippen molar-refractivity contribution in [2.45, 2.75) is 0 Å². The van der Waals surface area contributed by atoms with E-state index in [1.54, 1.807) is 24.3 Å². The summed E-state index contributed by atoms with van der Waals surface area (Å²) in [5, 5.41) is 2.76. The van der Waals surface area contributed by atoms with E-state index in [1.165, 1.54) is 6.07 Å². The van der Waals surface area contributed by atoms with Crippen molar-refractivity contribution in [3.8, 4) is 0 Å². The maximum atomic E-state index is 13.5. The third kappa shape index (κ3) is 4.29. The van der Waals surface area contributed by atoms with E-state index in [2.05, 4.69) is 21.2 Å². The zero-order chi connectivity index (χ0) is 16.1. The summed E-state index contributed by atoms with van der Waals surface area (Å²) < 4.78 is 18.9. The van der Waals surface area contributed by atoms with Crippen molar-refractivity contribution in [1.82, 2.24) is 0 Å². The number of para-hydroxylation sites is 1. The van der Waals surface area contributed by atoms with Gasteiger partial charge in [0.1, 0.15) is 5.82 Å². The van der Waals surface area contributed by atoms with Crippen molar-refractivity contribution in [2.75, 3.05) is 11.9 Å². The van der Waals surface area contributed by atoms with E-state index in [0.29, 0.717) is 10.2 Å². The Balaban J connectivity index is 1.95. The fourth-order valence-electron chi connectivity index (χ4n) is 1.61. The number of rotatable bonds is 4.